The Bertz CT molecular complexity index is 1430. The van der Waals surface area contributed by atoms with E-state index < -0.39 is 16.0 Å². The molecule has 2 aliphatic carbocycles. The van der Waals surface area contributed by atoms with Crippen LogP contribution in [0.25, 0.3) is 0 Å². The van der Waals surface area contributed by atoms with Crippen molar-refractivity contribution in [3.8, 4) is 0 Å². The summed E-state index contributed by atoms with van der Waals surface area (Å²) < 4.78 is 34.2. The van der Waals surface area contributed by atoms with E-state index >= 15 is 0 Å². The lowest BCUT2D eigenvalue weighted by atomic mass is 9.68. The highest BCUT2D eigenvalue weighted by Crippen LogP contribution is 2.63. The number of nitrogens with one attached hydrogen (secondary N) is 2. The summed E-state index contributed by atoms with van der Waals surface area (Å²) in [4.78, 5) is 15.9. The molecule has 2 bridgehead atoms. The monoisotopic (exact) mass is 493 g/mol. The Morgan fingerprint density at radius 2 is 1.94 bits per heavy atom. The summed E-state index contributed by atoms with van der Waals surface area (Å²) in [7, 11) is -3.87. The van der Waals surface area contributed by atoms with Gasteiger partial charge in [-0.3, -0.25) is 0 Å². The Hall–Kier alpha value is -3.33. The van der Waals surface area contributed by atoms with Gasteiger partial charge in [-0.25, -0.2) is 17.9 Å². The number of aromatic nitrogens is 1. The van der Waals surface area contributed by atoms with Gasteiger partial charge in [0.1, 0.15) is 5.76 Å². The van der Waals surface area contributed by atoms with E-state index in [1.165, 1.54) is 0 Å². The number of oxazole rings is 1. The van der Waals surface area contributed by atoms with Crippen molar-refractivity contribution in [2.45, 2.75) is 50.0 Å². The molecule has 0 spiro atoms. The standard InChI is InChI=1S/C26H27N3O5S/c1-13-14(2)34-26(27-13)29-35(32,33)19-8-9-21-20(12-19)22-15-6-7-16(10-15)23(22)24(28-21)17-4-3-5-18(11-17)25(30)31/h3-5,8-9,11-12,15-16,22-24,28H,6-7,10H2,1-2H3,(H,27,29)(H,30,31)/t15-,16-,22-,23-,24-/m0/s1. The van der Waals surface area contributed by atoms with Gasteiger partial charge >= 0.3 is 12.0 Å². The van der Waals surface area contributed by atoms with Crippen molar-refractivity contribution in [2.24, 2.45) is 17.8 Å². The highest BCUT2D eigenvalue weighted by molar-refractivity contribution is 7.92. The molecule has 1 aliphatic heterocycles. The fourth-order valence-corrected chi connectivity index (χ4v) is 7.48. The van der Waals surface area contributed by atoms with E-state index in [9.17, 15) is 18.3 Å². The van der Waals surface area contributed by atoms with Crippen LogP contribution in [0.3, 0.4) is 0 Å². The lowest BCUT2D eigenvalue weighted by molar-refractivity contribution is 0.0696. The number of sulfonamides is 1. The van der Waals surface area contributed by atoms with E-state index in [-0.39, 0.29) is 34.4 Å². The zero-order valence-electron chi connectivity index (χ0n) is 19.5. The maximum Gasteiger partial charge on any atom is 0.335 e. The maximum absolute atomic E-state index is 13.2. The summed E-state index contributed by atoms with van der Waals surface area (Å²) >= 11 is 0. The molecule has 0 amide bonds. The SMILES string of the molecule is Cc1nc(NS(=O)(=O)c2ccc3c(c2)[C@@H]2[C@H]4CC[C@@H](C4)[C@@H]2[C@H](c2cccc(C(=O)O)c2)N3)oc1C. The maximum atomic E-state index is 13.2. The Kier molecular flexibility index (Phi) is 4.96. The van der Waals surface area contributed by atoms with Gasteiger partial charge in [-0.15, -0.1) is 0 Å². The number of nitrogens with zero attached hydrogens (tertiary/aromatic N) is 1. The van der Waals surface area contributed by atoms with E-state index in [1.54, 1.807) is 44.2 Å². The molecule has 2 aromatic carbocycles. The predicted octanol–water partition coefficient (Wildman–Crippen LogP) is 5.09. The average Bonchev–Trinajstić information content (AvgIpc) is 3.53. The number of hydrogen-bond acceptors (Lipinski definition) is 6. The normalized spacial score (nSPS) is 26.6. The van der Waals surface area contributed by atoms with Crippen molar-refractivity contribution < 1.29 is 22.7 Å². The largest absolute Gasteiger partial charge is 0.478 e. The number of carboxylic acids is 1. The van der Waals surface area contributed by atoms with Crippen molar-refractivity contribution in [3.63, 3.8) is 0 Å². The number of aromatic carboxylic acids is 1. The van der Waals surface area contributed by atoms with Crippen molar-refractivity contribution in [3.05, 3.63) is 70.6 Å². The smallest absolute Gasteiger partial charge is 0.335 e. The molecule has 182 valence electrons. The second-order valence-electron chi connectivity index (χ2n) is 10.0. The van der Waals surface area contributed by atoms with E-state index in [4.69, 9.17) is 4.42 Å². The van der Waals surface area contributed by atoms with Gasteiger partial charge in [0.05, 0.1) is 22.2 Å². The molecule has 0 radical (unpaired) electrons. The fraction of sp³-hybridized carbons (Fsp3) is 0.385. The Labute approximate surface area is 203 Å². The first-order chi connectivity index (χ1) is 16.7. The van der Waals surface area contributed by atoms with Gasteiger partial charge < -0.3 is 14.8 Å². The minimum absolute atomic E-state index is 0.0130. The van der Waals surface area contributed by atoms with Gasteiger partial charge in [-0.1, -0.05) is 12.1 Å². The second kappa shape index (κ2) is 7.84. The number of aryl methyl sites for hydroxylation is 2. The minimum Gasteiger partial charge on any atom is -0.478 e. The van der Waals surface area contributed by atoms with Crippen LogP contribution in [-0.2, 0) is 10.0 Å². The van der Waals surface area contributed by atoms with Gasteiger partial charge in [0.15, 0.2) is 0 Å². The first-order valence-electron chi connectivity index (χ1n) is 11.9. The second-order valence-corrected chi connectivity index (χ2v) is 11.7. The van der Waals surface area contributed by atoms with Crippen LogP contribution in [0.2, 0.25) is 0 Å². The quantitative estimate of drug-likeness (QED) is 0.453. The van der Waals surface area contributed by atoms with Crippen LogP contribution in [0.4, 0.5) is 11.7 Å². The van der Waals surface area contributed by atoms with Gasteiger partial charge in [0.2, 0.25) is 0 Å². The van der Waals surface area contributed by atoms with Crippen LogP contribution in [0.5, 0.6) is 0 Å². The molecule has 3 N–H and O–H groups in total. The topological polar surface area (TPSA) is 122 Å². The molecular formula is C26H27N3O5S. The van der Waals surface area contributed by atoms with E-state index in [0.717, 1.165) is 36.1 Å². The molecule has 2 fully saturated rings. The number of carbonyl (C=O) groups is 1. The Morgan fingerprint density at radius 3 is 2.69 bits per heavy atom. The predicted molar refractivity (Wildman–Crippen MR) is 130 cm³/mol. The number of benzene rings is 2. The number of carboxylic acid groups (broad SMARTS) is 1. The summed E-state index contributed by atoms with van der Waals surface area (Å²) in [6.07, 6.45) is 3.41. The molecule has 2 heterocycles. The summed E-state index contributed by atoms with van der Waals surface area (Å²) in [5.74, 6) is 1.17. The van der Waals surface area contributed by atoms with Gasteiger partial charge in [0, 0.05) is 5.69 Å². The van der Waals surface area contributed by atoms with E-state index in [1.807, 2.05) is 12.1 Å². The fourth-order valence-electron chi connectivity index (χ4n) is 6.52. The first-order valence-corrected chi connectivity index (χ1v) is 13.4. The van der Waals surface area contributed by atoms with Crippen molar-refractivity contribution in [1.82, 2.24) is 4.98 Å². The Morgan fingerprint density at radius 1 is 1.14 bits per heavy atom. The molecule has 6 rings (SSSR count). The first kappa shape index (κ1) is 22.2. The van der Waals surface area contributed by atoms with Gasteiger partial charge in [-0.05, 0) is 98.2 Å². The molecule has 35 heavy (non-hydrogen) atoms. The molecule has 8 nitrogen and oxygen atoms in total. The summed E-state index contributed by atoms with van der Waals surface area (Å²) in [6.45, 7) is 3.50. The third kappa shape index (κ3) is 3.60. The highest BCUT2D eigenvalue weighted by Gasteiger charge is 2.54. The molecular weight excluding hydrogens is 466 g/mol. The van der Waals surface area contributed by atoms with Crippen LogP contribution in [0, 0.1) is 31.6 Å². The summed E-state index contributed by atoms with van der Waals surface area (Å²) in [5.41, 5.74) is 3.81. The third-order valence-corrected chi connectivity index (χ3v) is 9.43. The van der Waals surface area contributed by atoms with Crippen LogP contribution >= 0.6 is 0 Å². The third-order valence-electron chi connectivity index (χ3n) is 8.11. The molecule has 0 saturated heterocycles. The molecule has 3 aliphatic rings. The van der Waals surface area contributed by atoms with Gasteiger partial charge in [-0.2, -0.15) is 4.98 Å². The molecule has 3 aromatic rings. The summed E-state index contributed by atoms with van der Waals surface area (Å²) in [5, 5.41) is 13.1. The number of hydrogen-bond donors (Lipinski definition) is 3. The van der Waals surface area contributed by atoms with Crippen LogP contribution in [0.1, 0.15) is 64.2 Å². The number of anilines is 2. The van der Waals surface area contributed by atoms with Crippen molar-refractivity contribution in [2.75, 3.05) is 10.0 Å². The molecule has 5 atom stereocenters. The van der Waals surface area contributed by atoms with Crippen LogP contribution in [-0.4, -0.2) is 24.5 Å². The average molecular weight is 494 g/mol. The van der Waals surface area contributed by atoms with Gasteiger partial charge in [0.25, 0.3) is 10.0 Å². The van der Waals surface area contributed by atoms with Crippen LogP contribution in [0.15, 0.2) is 51.8 Å². The zero-order chi connectivity index (χ0) is 24.5. The van der Waals surface area contributed by atoms with Crippen molar-refractivity contribution in [1.29, 1.82) is 0 Å². The molecule has 2 saturated carbocycles. The van der Waals surface area contributed by atoms with E-state index in [0.29, 0.717) is 23.3 Å². The lowest BCUT2D eigenvalue weighted by Gasteiger charge is -2.43. The molecule has 9 heteroatoms. The molecule has 1 aromatic heterocycles. The number of fused-ring (bicyclic) bond motifs is 7. The summed E-state index contributed by atoms with van der Waals surface area (Å²) in [6, 6.07) is 12.3. The zero-order valence-corrected chi connectivity index (χ0v) is 20.3. The number of rotatable bonds is 5. The van der Waals surface area contributed by atoms with E-state index in [2.05, 4.69) is 15.0 Å². The highest BCUT2D eigenvalue weighted by atomic mass is 32.2. The van der Waals surface area contributed by atoms with Crippen molar-refractivity contribution >= 4 is 27.7 Å². The Balaban J connectivity index is 1.38. The minimum atomic E-state index is -3.87. The molecule has 0 unspecified atom stereocenters. The lowest BCUT2D eigenvalue weighted by Crippen LogP contribution is -2.35. The van der Waals surface area contributed by atoms with Crippen LogP contribution < -0.4 is 10.0 Å².